The van der Waals surface area contributed by atoms with Gasteiger partial charge < -0.3 is 0 Å². The first-order chi connectivity index (χ1) is 10.6. The molecule has 128 valence electrons. The Labute approximate surface area is 135 Å². The number of alkyl halides is 2. The lowest BCUT2D eigenvalue weighted by molar-refractivity contribution is 0.0652. The number of fused-ring (bicyclic) bond motifs is 1. The third-order valence-electron chi connectivity index (χ3n) is 6.09. The third kappa shape index (κ3) is 2.60. The van der Waals surface area contributed by atoms with E-state index in [9.17, 15) is 17.2 Å². The molecule has 1 aromatic rings. The molecular formula is C17H22F2O3S. The van der Waals surface area contributed by atoms with Gasteiger partial charge in [0.05, 0.1) is 4.90 Å². The van der Waals surface area contributed by atoms with Gasteiger partial charge in [-0.05, 0) is 48.3 Å². The summed E-state index contributed by atoms with van der Waals surface area (Å²) in [4.78, 5) is -0.169. The Morgan fingerprint density at radius 3 is 2.39 bits per heavy atom. The Morgan fingerprint density at radius 2 is 1.87 bits per heavy atom. The normalized spacial score (nSPS) is 32.0. The van der Waals surface area contributed by atoms with E-state index in [1.807, 2.05) is 13.8 Å². The number of rotatable bonds is 4. The highest BCUT2D eigenvalue weighted by Crippen LogP contribution is 2.67. The fraction of sp³-hybridized carbons (Fsp3) is 0.647. The van der Waals surface area contributed by atoms with Crippen LogP contribution in [0.3, 0.4) is 0 Å². The SMILES string of the molecule is CCC(C)(c1ccc(S(=O)(=O)O)cc1)C1CCCC2C1C2(F)F. The highest BCUT2D eigenvalue weighted by atomic mass is 32.2. The molecule has 0 bridgehead atoms. The van der Waals surface area contributed by atoms with Crippen molar-refractivity contribution in [1.29, 1.82) is 0 Å². The van der Waals surface area contributed by atoms with Crippen molar-refractivity contribution >= 4 is 10.1 Å². The Hall–Kier alpha value is -1.01. The first-order valence-electron chi connectivity index (χ1n) is 8.08. The van der Waals surface area contributed by atoms with E-state index in [0.29, 0.717) is 12.8 Å². The van der Waals surface area contributed by atoms with Gasteiger partial charge in [-0.2, -0.15) is 8.42 Å². The van der Waals surface area contributed by atoms with Crippen LogP contribution in [0.5, 0.6) is 0 Å². The van der Waals surface area contributed by atoms with Gasteiger partial charge in [0.25, 0.3) is 16.0 Å². The summed E-state index contributed by atoms with van der Waals surface area (Å²) in [5.74, 6) is -3.68. The molecule has 4 atom stereocenters. The predicted molar refractivity (Wildman–Crippen MR) is 83.2 cm³/mol. The fourth-order valence-corrected chi connectivity index (χ4v) is 4.96. The van der Waals surface area contributed by atoms with E-state index in [0.717, 1.165) is 18.4 Å². The van der Waals surface area contributed by atoms with Crippen LogP contribution >= 0.6 is 0 Å². The molecule has 0 amide bonds. The number of benzene rings is 1. The minimum Gasteiger partial charge on any atom is -0.282 e. The summed E-state index contributed by atoms with van der Waals surface area (Å²) in [6, 6.07) is 6.00. The molecule has 2 aliphatic carbocycles. The van der Waals surface area contributed by atoms with Gasteiger partial charge >= 0.3 is 0 Å². The highest BCUT2D eigenvalue weighted by Gasteiger charge is 2.72. The smallest absolute Gasteiger partial charge is 0.282 e. The number of hydrogen-bond acceptors (Lipinski definition) is 2. The quantitative estimate of drug-likeness (QED) is 0.829. The van der Waals surface area contributed by atoms with Crippen molar-refractivity contribution in [2.24, 2.45) is 17.8 Å². The zero-order valence-electron chi connectivity index (χ0n) is 13.3. The maximum absolute atomic E-state index is 14.0. The van der Waals surface area contributed by atoms with Crippen LogP contribution in [0.15, 0.2) is 29.2 Å². The fourth-order valence-electron chi connectivity index (χ4n) is 4.48. The van der Waals surface area contributed by atoms with Crippen molar-refractivity contribution in [2.45, 2.75) is 55.8 Å². The summed E-state index contributed by atoms with van der Waals surface area (Å²) >= 11 is 0. The molecule has 0 aliphatic heterocycles. The summed E-state index contributed by atoms with van der Waals surface area (Å²) in [5, 5.41) is 0. The van der Waals surface area contributed by atoms with E-state index in [-0.39, 0.29) is 10.8 Å². The molecule has 3 nitrogen and oxygen atoms in total. The maximum Gasteiger partial charge on any atom is 0.294 e. The number of hydrogen-bond donors (Lipinski definition) is 1. The average molecular weight is 344 g/mol. The van der Waals surface area contributed by atoms with Crippen molar-refractivity contribution in [3.8, 4) is 0 Å². The Bertz CT molecular complexity index is 699. The highest BCUT2D eigenvalue weighted by molar-refractivity contribution is 7.85. The minimum absolute atomic E-state index is 0.0992. The molecule has 0 saturated heterocycles. The van der Waals surface area contributed by atoms with Gasteiger partial charge in [-0.25, -0.2) is 8.78 Å². The molecule has 4 unspecified atom stereocenters. The molecule has 1 N–H and O–H groups in total. The van der Waals surface area contributed by atoms with Crippen LogP contribution in [0.2, 0.25) is 0 Å². The van der Waals surface area contributed by atoms with Gasteiger partial charge in [-0.15, -0.1) is 0 Å². The molecule has 3 rings (SSSR count). The van der Waals surface area contributed by atoms with Crippen molar-refractivity contribution < 1.29 is 21.8 Å². The Kier molecular flexibility index (Phi) is 3.84. The number of halogens is 2. The predicted octanol–water partition coefficient (Wildman–Crippen LogP) is 4.28. The van der Waals surface area contributed by atoms with E-state index in [2.05, 4.69) is 0 Å². The monoisotopic (exact) mass is 344 g/mol. The lowest BCUT2D eigenvalue weighted by Gasteiger charge is -2.39. The van der Waals surface area contributed by atoms with E-state index < -0.39 is 33.3 Å². The van der Waals surface area contributed by atoms with Crippen LogP contribution in [0.25, 0.3) is 0 Å². The summed E-state index contributed by atoms with van der Waals surface area (Å²) in [7, 11) is -4.24. The molecule has 6 heteroatoms. The Morgan fingerprint density at radius 1 is 1.26 bits per heavy atom. The molecule has 1 aromatic carbocycles. The first kappa shape index (κ1) is 16.8. The molecule has 0 spiro atoms. The summed E-state index contributed by atoms with van der Waals surface area (Å²) in [6.07, 6.45) is 2.92. The van der Waals surface area contributed by atoms with E-state index >= 15 is 0 Å². The summed E-state index contributed by atoms with van der Waals surface area (Å²) in [6.45, 7) is 3.98. The molecule has 2 saturated carbocycles. The second-order valence-electron chi connectivity index (χ2n) is 7.11. The van der Waals surface area contributed by atoms with Crippen LogP contribution in [0.4, 0.5) is 8.78 Å². The molecule has 0 heterocycles. The first-order valence-corrected chi connectivity index (χ1v) is 9.52. The van der Waals surface area contributed by atoms with Gasteiger partial charge in [0, 0.05) is 11.8 Å². The second-order valence-corrected chi connectivity index (χ2v) is 8.54. The molecule has 0 aromatic heterocycles. The maximum atomic E-state index is 14.0. The molecule has 2 fully saturated rings. The van der Waals surface area contributed by atoms with E-state index in [1.165, 1.54) is 12.1 Å². The Balaban J connectivity index is 1.95. The molecule has 2 aliphatic rings. The zero-order valence-corrected chi connectivity index (χ0v) is 14.1. The van der Waals surface area contributed by atoms with Gasteiger partial charge in [0.1, 0.15) is 0 Å². The van der Waals surface area contributed by atoms with E-state index in [4.69, 9.17) is 4.55 Å². The lowest BCUT2D eigenvalue weighted by atomic mass is 9.64. The second kappa shape index (κ2) is 5.24. The van der Waals surface area contributed by atoms with Crippen molar-refractivity contribution in [1.82, 2.24) is 0 Å². The average Bonchev–Trinajstić information content (AvgIpc) is 3.08. The molecule has 0 radical (unpaired) electrons. The van der Waals surface area contributed by atoms with Crippen LogP contribution in [-0.4, -0.2) is 18.9 Å². The van der Waals surface area contributed by atoms with Crippen LogP contribution < -0.4 is 0 Å². The van der Waals surface area contributed by atoms with Crippen molar-refractivity contribution in [3.63, 3.8) is 0 Å². The summed E-state index contributed by atoms with van der Waals surface area (Å²) < 4.78 is 59.5. The zero-order chi connectivity index (χ0) is 17.0. The largest absolute Gasteiger partial charge is 0.294 e. The van der Waals surface area contributed by atoms with Gasteiger partial charge in [0.15, 0.2) is 0 Å². The van der Waals surface area contributed by atoms with Crippen LogP contribution in [0, 0.1) is 17.8 Å². The van der Waals surface area contributed by atoms with Gasteiger partial charge in [0.2, 0.25) is 0 Å². The van der Waals surface area contributed by atoms with Crippen LogP contribution in [-0.2, 0) is 15.5 Å². The summed E-state index contributed by atoms with van der Waals surface area (Å²) in [5.41, 5.74) is 0.446. The topological polar surface area (TPSA) is 54.4 Å². The minimum atomic E-state index is -4.24. The van der Waals surface area contributed by atoms with Crippen molar-refractivity contribution in [3.05, 3.63) is 29.8 Å². The molecular weight excluding hydrogens is 322 g/mol. The van der Waals surface area contributed by atoms with Crippen LogP contribution in [0.1, 0.15) is 45.1 Å². The molecule has 23 heavy (non-hydrogen) atoms. The standard InChI is InChI=1S/C17H22F2O3S/c1-3-16(2,11-7-9-12(10-8-11)23(20,21)22)13-5-4-6-14-15(13)17(14,18)19/h7-10,13-15H,3-6H2,1-2H3,(H,20,21,22). The third-order valence-corrected chi connectivity index (χ3v) is 6.96. The lowest BCUT2D eigenvalue weighted by Crippen LogP contribution is -2.35. The van der Waals surface area contributed by atoms with Crippen molar-refractivity contribution in [2.75, 3.05) is 0 Å². The van der Waals surface area contributed by atoms with Gasteiger partial charge in [-0.3, -0.25) is 4.55 Å². The van der Waals surface area contributed by atoms with Gasteiger partial charge in [-0.1, -0.05) is 32.4 Å². The van der Waals surface area contributed by atoms with E-state index in [1.54, 1.807) is 12.1 Å².